The Balaban J connectivity index is 2.16. The molecule has 0 aliphatic carbocycles. The van der Waals surface area contributed by atoms with Gasteiger partial charge in [0.2, 0.25) is 5.28 Å². The molecule has 1 saturated heterocycles. The number of nitrogens with zero attached hydrogens (tertiary/aromatic N) is 3. The lowest BCUT2D eigenvalue weighted by atomic mass is 10.1. The van der Waals surface area contributed by atoms with Gasteiger partial charge in [0.25, 0.3) is 0 Å². The zero-order chi connectivity index (χ0) is 11.6. The zero-order valence-electron chi connectivity index (χ0n) is 9.87. The maximum Gasteiger partial charge on any atom is 0.225 e. The molecule has 1 aromatic heterocycles. The molecule has 3 nitrogen and oxygen atoms in total. The summed E-state index contributed by atoms with van der Waals surface area (Å²) in [4.78, 5) is 0. The van der Waals surface area contributed by atoms with E-state index in [1.165, 1.54) is 18.6 Å². The molecule has 1 aliphatic heterocycles. The molecule has 0 aromatic carbocycles. The number of hydrogen-bond acceptors (Lipinski definition) is 3. The van der Waals surface area contributed by atoms with Crippen LogP contribution in [0.4, 0.5) is 0 Å². The van der Waals surface area contributed by atoms with Crippen molar-refractivity contribution in [3.8, 4) is 0 Å². The molecule has 16 heavy (non-hydrogen) atoms. The molecule has 90 valence electrons. The maximum atomic E-state index is 6.10. The summed E-state index contributed by atoms with van der Waals surface area (Å²) in [5.74, 6) is 2.29. The number of rotatable bonds is 4. The van der Waals surface area contributed by atoms with Crippen molar-refractivity contribution in [3.05, 3.63) is 11.1 Å². The van der Waals surface area contributed by atoms with Gasteiger partial charge in [0.05, 0.1) is 0 Å². The van der Waals surface area contributed by atoms with Gasteiger partial charge in [0.1, 0.15) is 5.82 Å². The predicted molar refractivity (Wildman–Crippen MR) is 69.1 cm³/mol. The lowest BCUT2D eigenvalue weighted by Crippen LogP contribution is -2.25. The summed E-state index contributed by atoms with van der Waals surface area (Å²) in [5, 5.41) is 8.67. The Labute approximate surface area is 106 Å². The van der Waals surface area contributed by atoms with Crippen molar-refractivity contribution in [1.29, 1.82) is 0 Å². The number of halogens is 1. The minimum absolute atomic E-state index is 0.314. The number of aryl methyl sites for hydroxylation is 1. The summed E-state index contributed by atoms with van der Waals surface area (Å²) >= 11 is 8.14. The normalized spacial score (nSPS) is 25.2. The highest BCUT2D eigenvalue weighted by atomic mass is 35.5. The highest BCUT2D eigenvalue weighted by molar-refractivity contribution is 8.00. The Bertz CT molecular complexity index is 358. The first-order valence-electron chi connectivity index (χ1n) is 5.86. The van der Waals surface area contributed by atoms with E-state index in [2.05, 4.69) is 28.6 Å². The van der Waals surface area contributed by atoms with Crippen molar-refractivity contribution >= 4 is 23.4 Å². The van der Waals surface area contributed by atoms with Crippen LogP contribution < -0.4 is 0 Å². The average molecular weight is 260 g/mol. The molecule has 1 atom stereocenters. The first-order valence-corrected chi connectivity index (χ1v) is 7.22. The Hall–Kier alpha value is -0.220. The molecule has 1 aromatic rings. The van der Waals surface area contributed by atoms with E-state index in [4.69, 9.17) is 11.6 Å². The lowest BCUT2D eigenvalue weighted by Gasteiger charge is -2.24. The van der Waals surface area contributed by atoms with Crippen LogP contribution in [0.1, 0.15) is 38.9 Å². The van der Waals surface area contributed by atoms with Crippen molar-refractivity contribution < 1.29 is 0 Å². The van der Waals surface area contributed by atoms with Gasteiger partial charge < -0.3 is 4.57 Å². The quantitative estimate of drug-likeness (QED) is 0.832. The second-order valence-corrected chi connectivity index (χ2v) is 6.64. The molecule has 0 N–H and O–H groups in total. The molecule has 0 spiro atoms. The predicted octanol–water partition coefficient (Wildman–Crippen LogP) is 3.17. The van der Waals surface area contributed by atoms with Crippen molar-refractivity contribution in [2.24, 2.45) is 0 Å². The molecule has 2 heterocycles. The van der Waals surface area contributed by atoms with Gasteiger partial charge >= 0.3 is 0 Å². The average Bonchev–Trinajstić information content (AvgIpc) is 2.80. The van der Waals surface area contributed by atoms with Crippen LogP contribution >= 0.6 is 23.4 Å². The van der Waals surface area contributed by atoms with Gasteiger partial charge in [-0.1, -0.05) is 6.92 Å². The fourth-order valence-corrected chi connectivity index (χ4v) is 3.66. The molecule has 0 bridgehead atoms. The fraction of sp³-hybridized carbons (Fsp3) is 0.818. The molecule has 1 unspecified atom stereocenters. The molecular formula is C11H18ClN3S. The van der Waals surface area contributed by atoms with Gasteiger partial charge in [0.15, 0.2) is 0 Å². The first-order chi connectivity index (χ1) is 7.64. The number of hydrogen-bond donors (Lipinski definition) is 0. The summed E-state index contributed by atoms with van der Waals surface area (Å²) in [6.07, 6.45) is 4.61. The van der Waals surface area contributed by atoms with Gasteiger partial charge in [0, 0.05) is 17.7 Å². The highest BCUT2D eigenvalue weighted by Crippen LogP contribution is 2.39. The van der Waals surface area contributed by atoms with Crippen molar-refractivity contribution in [2.45, 2.75) is 50.8 Å². The Morgan fingerprint density at radius 1 is 1.50 bits per heavy atom. The van der Waals surface area contributed by atoms with Gasteiger partial charge in [-0.15, -0.1) is 10.2 Å². The molecule has 0 radical (unpaired) electrons. The summed E-state index contributed by atoms with van der Waals surface area (Å²) in [6, 6.07) is 0. The second kappa shape index (κ2) is 4.96. The zero-order valence-corrected chi connectivity index (χ0v) is 11.4. The molecule has 2 rings (SSSR count). The van der Waals surface area contributed by atoms with Crippen molar-refractivity contribution in [3.63, 3.8) is 0 Å². The first kappa shape index (κ1) is 12.2. The van der Waals surface area contributed by atoms with E-state index in [0.717, 1.165) is 25.2 Å². The fourth-order valence-electron chi connectivity index (χ4n) is 2.17. The van der Waals surface area contributed by atoms with Crippen LogP contribution in [0.15, 0.2) is 0 Å². The molecule has 0 saturated carbocycles. The molecule has 1 fully saturated rings. The monoisotopic (exact) mass is 259 g/mol. The van der Waals surface area contributed by atoms with E-state index >= 15 is 0 Å². The summed E-state index contributed by atoms with van der Waals surface area (Å²) in [7, 11) is 0. The van der Waals surface area contributed by atoms with Crippen LogP contribution in [-0.2, 0) is 13.0 Å². The third-order valence-corrected chi connectivity index (χ3v) is 4.85. The second-order valence-electron chi connectivity index (χ2n) is 4.62. The summed E-state index contributed by atoms with van der Waals surface area (Å²) < 4.78 is 2.40. The Morgan fingerprint density at radius 2 is 2.31 bits per heavy atom. The third-order valence-electron chi connectivity index (χ3n) is 3.05. The molecular weight excluding hydrogens is 242 g/mol. The van der Waals surface area contributed by atoms with E-state index in [0.29, 0.717) is 10.0 Å². The minimum atomic E-state index is 0.314. The number of thioether (sulfide) groups is 1. The van der Waals surface area contributed by atoms with Crippen LogP contribution in [0, 0.1) is 0 Å². The third kappa shape index (κ3) is 2.54. The molecule has 0 amide bonds. The van der Waals surface area contributed by atoms with Crippen molar-refractivity contribution in [2.75, 3.05) is 5.75 Å². The van der Waals surface area contributed by atoms with Gasteiger partial charge in [-0.05, 0) is 43.5 Å². The number of aromatic nitrogens is 3. The van der Waals surface area contributed by atoms with Gasteiger partial charge in [-0.3, -0.25) is 0 Å². The van der Waals surface area contributed by atoms with Crippen LogP contribution in [0.5, 0.6) is 0 Å². The highest BCUT2D eigenvalue weighted by Gasteiger charge is 2.31. The van der Waals surface area contributed by atoms with Crippen LogP contribution in [0.2, 0.25) is 5.28 Å². The van der Waals surface area contributed by atoms with Gasteiger partial charge in [-0.25, -0.2) is 0 Å². The minimum Gasteiger partial charge on any atom is -0.300 e. The molecule has 1 aliphatic rings. The van der Waals surface area contributed by atoms with E-state index in [9.17, 15) is 0 Å². The van der Waals surface area contributed by atoms with E-state index in [1.54, 1.807) is 0 Å². The molecule has 5 heteroatoms. The smallest absolute Gasteiger partial charge is 0.225 e. The van der Waals surface area contributed by atoms with Crippen LogP contribution in [-0.4, -0.2) is 25.3 Å². The Morgan fingerprint density at radius 3 is 2.94 bits per heavy atom. The SMILES string of the molecule is CCCc1nnc(Cl)n1CC1(C)CCCS1. The van der Waals surface area contributed by atoms with Gasteiger partial charge in [-0.2, -0.15) is 11.8 Å². The van der Waals surface area contributed by atoms with Crippen LogP contribution in [0.3, 0.4) is 0 Å². The Kier molecular flexibility index (Phi) is 3.80. The maximum absolute atomic E-state index is 6.10. The largest absolute Gasteiger partial charge is 0.300 e. The van der Waals surface area contributed by atoms with Crippen LogP contribution in [0.25, 0.3) is 0 Å². The standard InChI is InChI=1S/C11H18ClN3S/c1-3-5-9-13-14-10(12)15(9)8-11(2)6-4-7-16-11/h3-8H2,1-2H3. The van der Waals surface area contributed by atoms with E-state index in [-0.39, 0.29) is 0 Å². The lowest BCUT2D eigenvalue weighted by molar-refractivity contribution is 0.496. The summed E-state index contributed by atoms with van der Waals surface area (Å²) in [5.41, 5.74) is 0. The van der Waals surface area contributed by atoms with E-state index < -0.39 is 0 Å². The van der Waals surface area contributed by atoms with E-state index in [1.807, 2.05) is 11.8 Å². The van der Waals surface area contributed by atoms with Crippen molar-refractivity contribution in [1.82, 2.24) is 14.8 Å². The topological polar surface area (TPSA) is 30.7 Å². The summed E-state index contributed by atoms with van der Waals surface area (Å²) in [6.45, 7) is 5.41.